The van der Waals surface area contributed by atoms with Crippen molar-refractivity contribution in [2.45, 2.75) is 63.6 Å². The summed E-state index contributed by atoms with van der Waals surface area (Å²) in [5.74, 6) is -0.546. The summed E-state index contributed by atoms with van der Waals surface area (Å²) in [5.41, 5.74) is 5.16. The molecule has 0 spiro atoms. The summed E-state index contributed by atoms with van der Waals surface area (Å²) >= 11 is 0. The molecule has 0 saturated carbocycles. The van der Waals surface area contributed by atoms with Crippen molar-refractivity contribution in [3.63, 3.8) is 0 Å². The smallest absolute Gasteiger partial charge is 0.303 e. The molecular formula is C28H32N2O2. The van der Waals surface area contributed by atoms with Gasteiger partial charge in [-0.15, -0.1) is 0 Å². The third kappa shape index (κ3) is 4.00. The molecule has 0 radical (unpaired) electrons. The Labute approximate surface area is 190 Å². The molecular weight excluding hydrogens is 396 g/mol. The summed E-state index contributed by atoms with van der Waals surface area (Å²) in [6.07, 6.45) is 3.28. The summed E-state index contributed by atoms with van der Waals surface area (Å²) in [7, 11) is 0. The number of fused-ring (bicyclic) bond motifs is 2. The highest BCUT2D eigenvalue weighted by atomic mass is 16.4. The molecule has 0 unspecified atom stereocenters. The van der Waals surface area contributed by atoms with Gasteiger partial charge in [0.15, 0.2) is 0 Å². The first kappa shape index (κ1) is 21.0. The van der Waals surface area contributed by atoms with Crippen molar-refractivity contribution in [3.8, 4) is 0 Å². The van der Waals surface area contributed by atoms with E-state index in [1.165, 1.54) is 33.2 Å². The highest BCUT2D eigenvalue weighted by Gasteiger charge is 2.32. The number of carboxylic acids is 1. The number of hydrogen-bond donors (Lipinski definition) is 2. The number of benzene rings is 3. The van der Waals surface area contributed by atoms with E-state index in [2.05, 4.69) is 84.7 Å². The summed E-state index contributed by atoms with van der Waals surface area (Å²) in [4.78, 5) is 13.8. The van der Waals surface area contributed by atoms with Gasteiger partial charge in [0, 0.05) is 30.4 Å². The van der Waals surface area contributed by atoms with Gasteiger partial charge in [0.25, 0.3) is 0 Å². The van der Waals surface area contributed by atoms with E-state index in [1.54, 1.807) is 0 Å². The molecule has 4 atom stereocenters. The van der Waals surface area contributed by atoms with Gasteiger partial charge in [0.1, 0.15) is 0 Å². The Morgan fingerprint density at radius 2 is 1.97 bits per heavy atom. The second kappa shape index (κ2) is 8.59. The largest absolute Gasteiger partial charge is 0.481 e. The van der Waals surface area contributed by atoms with Gasteiger partial charge >= 0.3 is 5.97 Å². The molecule has 166 valence electrons. The van der Waals surface area contributed by atoms with Crippen LogP contribution in [0.3, 0.4) is 0 Å². The van der Waals surface area contributed by atoms with Crippen molar-refractivity contribution in [3.05, 3.63) is 77.4 Å². The van der Waals surface area contributed by atoms with E-state index >= 15 is 0 Å². The van der Waals surface area contributed by atoms with Crippen LogP contribution in [-0.2, 0) is 11.2 Å². The van der Waals surface area contributed by atoms with Crippen LogP contribution in [0, 0.1) is 0 Å². The zero-order valence-corrected chi connectivity index (χ0v) is 18.9. The number of carbonyl (C=O) groups is 1. The van der Waals surface area contributed by atoms with Crippen molar-refractivity contribution in [1.29, 1.82) is 0 Å². The van der Waals surface area contributed by atoms with Crippen molar-refractivity contribution < 1.29 is 9.90 Å². The van der Waals surface area contributed by atoms with Gasteiger partial charge in [0.2, 0.25) is 0 Å². The Kier molecular flexibility index (Phi) is 5.64. The third-order valence-corrected chi connectivity index (χ3v) is 7.43. The van der Waals surface area contributed by atoms with Crippen LogP contribution in [0.2, 0.25) is 0 Å². The maximum Gasteiger partial charge on any atom is 0.303 e. The van der Waals surface area contributed by atoms with E-state index in [0.717, 1.165) is 25.8 Å². The first-order valence-corrected chi connectivity index (χ1v) is 11.8. The number of rotatable bonds is 6. The van der Waals surface area contributed by atoms with Crippen molar-refractivity contribution in [2.24, 2.45) is 0 Å². The Balaban J connectivity index is 1.32. The molecule has 5 rings (SSSR count). The summed E-state index contributed by atoms with van der Waals surface area (Å²) in [6, 6.07) is 23.0. The fraction of sp³-hybridized carbons (Fsp3) is 0.393. The number of nitrogens with one attached hydrogen (secondary N) is 1. The zero-order chi connectivity index (χ0) is 22.2. The Morgan fingerprint density at radius 1 is 1.16 bits per heavy atom. The van der Waals surface area contributed by atoms with Crippen molar-refractivity contribution >= 4 is 22.4 Å². The SMILES string of the molecule is C[C@H](N[C@H]1C[C@@H](C)N(c2ccc3c(c2)[C@@H](CC(=O)O)CC3)C1)c1cccc2ccccc12. The first-order chi connectivity index (χ1) is 15.5. The number of nitrogens with zero attached hydrogens (tertiary/aromatic N) is 1. The minimum atomic E-state index is -0.700. The number of carboxylic acid groups (broad SMARTS) is 1. The Hall–Kier alpha value is -2.85. The Bertz CT molecular complexity index is 1140. The van der Waals surface area contributed by atoms with Crippen LogP contribution in [0.4, 0.5) is 5.69 Å². The first-order valence-electron chi connectivity index (χ1n) is 11.8. The van der Waals surface area contributed by atoms with E-state index in [1.807, 2.05) is 0 Å². The molecule has 3 aromatic carbocycles. The minimum Gasteiger partial charge on any atom is -0.481 e. The molecule has 2 N–H and O–H groups in total. The van der Waals surface area contributed by atoms with Gasteiger partial charge in [-0.25, -0.2) is 0 Å². The molecule has 0 bridgehead atoms. The van der Waals surface area contributed by atoms with Crippen LogP contribution < -0.4 is 10.2 Å². The maximum absolute atomic E-state index is 11.3. The average Bonchev–Trinajstić information content (AvgIpc) is 3.35. The van der Waals surface area contributed by atoms with Crippen molar-refractivity contribution in [2.75, 3.05) is 11.4 Å². The molecule has 32 heavy (non-hydrogen) atoms. The van der Waals surface area contributed by atoms with Crippen molar-refractivity contribution in [1.82, 2.24) is 5.32 Å². The third-order valence-electron chi connectivity index (χ3n) is 7.43. The van der Waals surface area contributed by atoms with E-state index in [0.29, 0.717) is 12.1 Å². The molecule has 1 aliphatic carbocycles. The molecule has 1 saturated heterocycles. The quantitative estimate of drug-likeness (QED) is 0.532. The van der Waals surface area contributed by atoms with Crippen LogP contribution in [0.25, 0.3) is 10.8 Å². The normalized spacial score (nSPS) is 23.4. The van der Waals surface area contributed by atoms with Crippen LogP contribution in [0.5, 0.6) is 0 Å². The topological polar surface area (TPSA) is 52.6 Å². The summed E-state index contributed by atoms with van der Waals surface area (Å²) in [6.45, 7) is 5.53. The van der Waals surface area contributed by atoms with Crippen LogP contribution in [-0.4, -0.2) is 29.7 Å². The second-order valence-corrected chi connectivity index (χ2v) is 9.61. The van der Waals surface area contributed by atoms with Gasteiger partial charge in [0.05, 0.1) is 6.42 Å². The molecule has 1 aliphatic heterocycles. The molecule has 4 nitrogen and oxygen atoms in total. The monoisotopic (exact) mass is 428 g/mol. The molecule has 2 aliphatic rings. The van der Waals surface area contributed by atoms with Gasteiger partial charge in [-0.05, 0) is 78.6 Å². The number of aliphatic carboxylic acids is 1. The molecule has 4 heteroatoms. The van der Waals surface area contributed by atoms with Gasteiger partial charge in [-0.1, -0.05) is 48.5 Å². The van der Waals surface area contributed by atoms with Crippen LogP contribution >= 0.6 is 0 Å². The van der Waals surface area contributed by atoms with Gasteiger partial charge in [-0.3, -0.25) is 4.79 Å². The summed E-state index contributed by atoms with van der Waals surface area (Å²) < 4.78 is 0. The molecule has 0 aromatic heterocycles. The molecule has 3 aromatic rings. The lowest BCUT2D eigenvalue weighted by atomic mass is 9.97. The van der Waals surface area contributed by atoms with E-state index < -0.39 is 5.97 Å². The van der Waals surface area contributed by atoms with Gasteiger partial charge in [-0.2, -0.15) is 0 Å². The molecule has 0 amide bonds. The van der Waals surface area contributed by atoms with Crippen LogP contribution in [0.15, 0.2) is 60.7 Å². The lowest BCUT2D eigenvalue weighted by Crippen LogP contribution is -2.34. The lowest BCUT2D eigenvalue weighted by Gasteiger charge is -2.26. The number of hydrogen-bond acceptors (Lipinski definition) is 3. The standard InChI is InChI=1S/C28H32N2O2/c1-18-14-23(29-19(2)25-9-5-7-20-6-3-4-8-26(20)25)17-30(18)24-13-12-21-10-11-22(15-28(31)32)27(21)16-24/h3-9,12-13,16,18-19,22-23,29H,10-11,14-15,17H2,1-2H3,(H,31,32)/t18-,19+,22-,23+/m1/s1. The highest BCUT2D eigenvalue weighted by Crippen LogP contribution is 2.39. The van der Waals surface area contributed by atoms with E-state index in [9.17, 15) is 9.90 Å². The van der Waals surface area contributed by atoms with E-state index in [4.69, 9.17) is 0 Å². The number of aryl methyl sites for hydroxylation is 1. The minimum absolute atomic E-state index is 0.153. The lowest BCUT2D eigenvalue weighted by molar-refractivity contribution is -0.137. The predicted octanol–water partition coefficient (Wildman–Crippen LogP) is 5.66. The zero-order valence-electron chi connectivity index (χ0n) is 18.9. The number of anilines is 1. The Morgan fingerprint density at radius 3 is 2.81 bits per heavy atom. The highest BCUT2D eigenvalue weighted by molar-refractivity contribution is 5.86. The fourth-order valence-electron chi connectivity index (χ4n) is 5.86. The maximum atomic E-state index is 11.3. The molecule has 1 fully saturated rings. The second-order valence-electron chi connectivity index (χ2n) is 9.61. The predicted molar refractivity (Wildman–Crippen MR) is 130 cm³/mol. The summed E-state index contributed by atoms with van der Waals surface area (Å²) in [5, 5.41) is 15.8. The van der Waals surface area contributed by atoms with Crippen LogP contribution in [0.1, 0.15) is 61.8 Å². The average molecular weight is 429 g/mol. The fourth-order valence-corrected chi connectivity index (χ4v) is 5.86. The van der Waals surface area contributed by atoms with Gasteiger partial charge < -0.3 is 15.3 Å². The molecule has 1 heterocycles. The van der Waals surface area contributed by atoms with E-state index in [-0.39, 0.29) is 18.4 Å².